The zero-order chi connectivity index (χ0) is 16.0. The minimum atomic E-state index is -0.755. The second-order valence-electron chi connectivity index (χ2n) is 5.59. The van der Waals surface area contributed by atoms with Gasteiger partial charge in [-0.15, -0.1) is 0 Å². The standard InChI is InChI=1S/C16H26N2O2S/c1-5-9-16(10-6-2,14(17)21)15(19)18-12(4)13-8-7-11(3)20-13/h7-8,12H,5-6,9-10H2,1-4H3,(H2,17,21)(H,18,19). The highest BCUT2D eigenvalue weighted by Crippen LogP contribution is 2.32. The van der Waals surface area contributed by atoms with E-state index < -0.39 is 5.41 Å². The van der Waals surface area contributed by atoms with Crippen molar-refractivity contribution in [3.8, 4) is 0 Å². The summed E-state index contributed by atoms with van der Waals surface area (Å²) in [5.41, 5.74) is 5.16. The number of hydrogen-bond donors (Lipinski definition) is 2. The molecule has 0 bridgehead atoms. The molecule has 1 amide bonds. The van der Waals surface area contributed by atoms with E-state index >= 15 is 0 Å². The first-order valence-electron chi connectivity index (χ1n) is 7.54. The fraction of sp³-hybridized carbons (Fsp3) is 0.625. The number of carbonyl (C=O) groups excluding carboxylic acids is 1. The van der Waals surface area contributed by atoms with E-state index in [2.05, 4.69) is 5.32 Å². The zero-order valence-corrected chi connectivity index (χ0v) is 14.2. The summed E-state index contributed by atoms with van der Waals surface area (Å²) in [6, 6.07) is 3.56. The third-order valence-corrected chi connectivity index (χ3v) is 4.19. The van der Waals surface area contributed by atoms with Gasteiger partial charge in [0.15, 0.2) is 0 Å². The first-order chi connectivity index (χ1) is 9.87. The summed E-state index contributed by atoms with van der Waals surface area (Å²) in [6.45, 7) is 7.86. The highest BCUT2D eigenvalue weighted by molar-refractivity contribution is 7.80. The van der Waals surface area contributed by atoms with Crippen LogP contribution in [0, 0.1) is 12.3 Å². The van der Waals surface area contributed by atoms with Gasteiger partial charge in [-0.05, 0) is 38.8 Å². The van der Waals surface area contributed by atoms with Gasteiger partial charge in [-0.25, -0.2) is 0 Å². The van der Waals surface area contributed by atoms with Crippen LogP contribution in [-0.4, -0.2) is 10.9 Å². The summed E-state index contributed by atoms with van der Waals surface area (Å²) in [5, 5.41) is 3.00. The summed E-state index contributed by atoms with van der Waals surface area (Å²) in [7, 11) is 0. The average molecular weight is 310 g/mol. The Labute approximate surface area is 132 Å². The van der Waals surface area contributed by atoms with Crippen molar-refractivity contribution in [3.05, 3.63) is 23.7 Å². The molecule has 4 nitrogen and oxygen atoms in total. The lowest BCUT2D eigenvalue weighted by Gasteiger charge is -2.32. The normalized spacial score (nSPS) is 13.0. The van der Waals surface area contributed by atoms with Gasteiger partial charge in [0.2, 0.25) is 5.91 Å². The number of aryl methyl sites for hydroxylation is 1. The minimum Gasteiger partial charge on any atom is -0.464 e. The number of rotatable bonds is 8. The number of amides is 1. The molecular weight excluding hydrogens is 284 g/mol. The second kappa shape index (κ2) is 7.59. The van der Waals surface area contributed by atoms with Gasteiger partial charge in [-0.2, -0.15) is 0 Å². The van der Waals surface area contributed by atoms with Crippen molar-refractivity contribution < 1.29 is 9.21 Å². The predicted octanol–water partition coefficient (Wildman–Crippen LogP) is 3.64. The van der Waals surface area contributed by atoms with Gasteiger partial charge in [0.05, 0.1) is 16.4 Å². The van der Waals surface area contributed by atoms with Crippen LogP contribution in [-0.2, 0) is 4.79 Å². The molecule has 1 rings (SSSR count). The summed E-state index contributed by atoms with van der Waals surface area (Å²) in [5.74, 6) is 1.47. The molecule has 0 aromatic carbocycles. The van der Waals surface area contributed by atoms with E-state index in [-0.39, 0.29) is 16.9 Å². The molecule has 1 aromatic rings. The Morgan fingerprint density at radius 2 is 1.95 bits per heavy atom. The Kier molecular flexibility index (Phi) is 6.40. The lowest BCUT2D eigenvalue weighted by Crippen LogP contribution is -2.49. The Balaban J connectivity index is 2.92. The number of nitrogens with one attached hydrogen (secondary N) is 1. The third kappa shape index (κ3) is 4.06. The van der Waals surface area contributed by atoms with Gasteiger partial charge >= 0.3 is 0 Å². The molecule has 118 valence electrons. The maximum absolute atomic E-state index is 12.8. The SMILES string of the molecule is CCCC(CCC)(C(=O)NC(C)c1ccc(C)o1)C(N)=S. The molecule has 0 aliphatic rings. The highest BCUT2D eigenvalue weighted by Gasteiger charge is 2.40. The molecular formula is C16H26N2O2S. The number of furan rings is 1. The largest absolute Gasteiger partial charge is 0.464 e. The molecule has 0 aliphatic heterocycles. The van der Waals surface area contributed by atoms with Crippen LogP contribution < -0.4 is 11.1 Å². The van der Waals surface area contributed by atoms with E-state index in [1.54, 1.807) is 0 Å². The fourth-order valence-corrected chi connectivity index (χ4v) is 2.95. The van der Waals surface area contributed by atoms with Gasteiger partial charge in [-0.3, -0.25) is 4.79 Å². The summed E-state index contributed by atoms with van der Waals surface area (Å²) in [6.07, 6.45) is 3.07. The van der Waals surface area contributed by atoms with Crippen LogP contribution in [0.1, 0.15) is 64.0 Å². The molecule has 0 saturated heterocycles. The molecule has 1 atom stereocenters. The molecule has 1 aromatic heterocycles. The molecule has 1 heterocycles. The Morgan fingerprint density at radius 3 is 2.33 bits per heavy atom. The Hall–Kier alpha value is -1.36. The van der Waals surface area contributed by atoms with E-state index in [1.807, 2.05) is 39.8 Å². The zero-order valence-electron chi connectivity index (χ0n) is 13.4. The van der Waals surface area contributed by atoms with Crippen LogP contribution in [0.5, 0.6) is 0 Å². The fourth-order valence-electron chi connectivity index (χ4n) is 2.66. The van der Waals surface area contributed by atoms with E-state index in [9.17, 15) is 4.79 Å². The average Bonchev–Trinajstić information content (AvgIpc) is 2.84. The lowest BCUT2D eigenvalue weighted by atomic mass is 9.78. The van der Waals surface area contributed by atoms with Crippen molar-refractivity contribution in [1.82, 2.24) is 5.32 Å². The van der Waals surface area contributed by atoms with Gasteiger partial charge in [0.25, 0.3) is 0 Å². The molecule has 3 N–H and O–H groups in total. The van der Waals surface area contributed by atoms with Gasteiger partial charge < -0.3 is 15.5 Å². The molecule has 0 saturated carbocycles. The van der Waals surface area contributed by atoms with Gasteiger partial charge in [-0.1, -0.05) is 38.9 Å². The van der Waals surface area contributed by atoms with Gasteiger partial charge in [0, 0.05) is 0 Å². The summed E-state index contributed by atoms with van der Waals surface area (Å²) < 4.78 is 5.56. The maximum atomic E-state index is 12.8. The maximum Gasteiger partial charge on any atom is 0.233 e. The van der Waals surface area contributed by atoms with Crippen LogP contribution in [0.25, 0.3) is 0 Å². The topological polar surface area (TPSA) is 68.3 Å². The quantitative estimate of drug-likeness (QED) is 0.719. The first-order valence-corrected chi connectivity index (χ1v) is 7.95. The Bertz CT molecular complexity index is 490. The van der Waals surface area contributed by atoms with Crippen molar-refractivity contribution in [2.75, 3.05) is 0 Å². The summed E-state index contributed by atoms with van der Waals surface area (Å²) >= 11 is 5.20. The van der Waals surface area contributed by atoms with E-state index in [0.29, 0.717) is 12.8 Å². The van der Waals surface area contributed by atoms with Gasteiger partial charge in [0.1, 0.15) is 11.5 Å². The smallest absolute Gasteiger partial charge is 0.233 e. The Morgan fingerprint density at radius 1 is 1.38 bits per heavy atom. The lowest BCUT2D eigenvalue weighted by molar-refractivity contribution is -0.129. The van der Waals surface area contributed by atoms with Crippen LogP contribution in [0.3, 0.4) is 0 Å². The van der Waals surface area contributed by atoms with Crippen LogP contribution in [0.2, 0.25) is 0 Å². The van der Waals surface area contributed by atoms with Crippen molar-refractivity contribution in [3.63, 3.8) is 0 Å². The minimum absolute atomic E-state index is 0.0970. The molecule has 0 radical (unpaired) electrons. The molecule has 0 fully saturated rings. The van der Waals surface area contributed by atoms with Crippen molar-refractivity contribution in [1.29, 1.82) is 0 Å². The molecule has 0 spiro atoms. The number of hydrogen-bond acceptors (Lipinski definition) is 3. The monoisotopic (exact) mass is 310 g/mol. The predicted molar refractivity (Wildman–Crippen MR) is 89.0 cm³/mol. The van der Waals surface area contributed by atoms with E-state index in [1.165, 1.54) is 0 Å². The molecule has 0 aliphatic carbocycles. The first kappa shape index (κ1) is 17.7. The van der Waals surface area contributed by atoms with E-state index in [0.717, 1.165) is 24.4 Å². The van der Waals surface area contributed by atoms with E-state index in [4.69, 9.17) is 22.4 Å². The summed E-state index contributed by atoms with van der Waals surface area (Å²) in [4.78, 5) is 13.0. The molecule has 21 heavy (non-hydrogen) atoms. The van der Waals surface area contributed by atoms with Crippen LogP contribution in [0.4, 0.5) is 0 Å². The molecule has 1 unspecified atom stereocenters. The van der Waals surface area contributed by atoms with Crippen LogP contribution >= 0.6 is 12.2 Å². The van der Waals surface area contributed by atoms with Crippen molar-refractivity contribution >= 4 is 23.1 Å². The van der Waals surface area contributed by atoms with Crippen LogP contribution in [0.15, 0.2) is 16.5 Å². The second-order valence-corrected chi connectivity index (χ2v) is 6.03. The third-order valence-electron chi connectivity index (χ3n) is 3.80. The number of thiocarbonyl (C=S) groups is 1. The number of carbonyl (C=O) groups is 1. The number of nitrogens with two attached hydrogens (primary N) is 1. The highest BCUT2D eigenvalue weighted by atomic mass is 32.1. The van der Waals surface area contributed by atoms with Crippen molar-refractivity contribution in [2.24, 2.45) is 11.1 Å². The van der Waals surface area contributed by atoms with Crippen molar-refractivity contribution in [2.45, 2.75) is 59.4 Å². The molecule has 5 heteroatoms.